The molecule has 1 amide bonds. The highest BCUT2D eigenvalue weighted by Gasteiger charge is 2.19. The van der Waals surface area contributed by atoms with Crippen LogP contribution < -0.4 is 4.74 Å². The van der Waals surface area contributed by atoms with E-state index in [1.54, 1.807) is 12.4 Å². The topological polar surface area (TPSA) is 42.4 Å². The number of carbonyl (C=O) groups excluding carboxylic acids is 1. The van der Waals surface area contributed by atoms with E-state index in [4.69, 9.17) is 4.74 Å². The van der Waals surface area contributed by atoms with E-state index in [2.05, 4.69) is 24.0 Å². The molecule has 3 aromatic rings. The van der Waals surface area contributed by atoms with Crippen molar-refractivity contribution in [2.24, 2.45) is 0 Å². The molecule has 1 heterocycles. The molecule has 0 N–H and O–H groups in total. The van der Waals surface area contributed by atoms with Gasteiger partial charge in [0.25, 0.3) is 5.91 Å². The van der Waals surface area contributed by atoms with Gasteiger partial charge in [-0.25, -0.2) is 0 Å². The van der Waals surface area contributed by atoms with Crippen LogP contribution in [0.5, 0.6) is 5.75 Å². The Bertz CT molecular complexity index is 923. The van der Waals surface area contributed by atoms with Crippen molar-refractivity contribution in [2.75, 3.05) is 0 Å². The molecule has 0 spiro atoms. The van der Waals surface area contributed by atoms with Crippen molar-refractivity contribution in [1.82, 2.24) is 9.88 Å². The Morgan fingerprint density at radius 1 is 1.04 bits per heavy atom. The molecular formula is C24H26N2O2. The summed E-state index contributed by atoms with van der Waals surface area (Å²) < 4.78 is 5.92. The normalized spacial score (nSPS) is 10.7. The van der Waals surface area contributed by atoms with E-state index >= 15 is 0 Å². The maximum absolute atomic E-state index is 13.1. The summed E-state index contributed by atoms with van der Waals surface area (Å²) in [4.78, 5) is 19.1. The van der Waals surface area contributed by atoms with Gasteiger partial charge < -0.3 is 9.64 Å². The van der Waals surface area contributed by atoms with Gasteiger partial charge in [-0.2, -0.15) is 0 Å². The van der Waals surface area contributed by atoms with Gasteiger partial charge in [-0.3, -0.25) is 9.78 Å². The van der Waals surface area contributed by atoms with Crippen LogP contribution in [-0.4, -0.2) is 21.8 Å². The summed E-state index contributed by atoms with van der Waals surface area (Å²) in [5.74, 6) is 0.678. The van der Waals surface area contributed by atoms with Crippen molar-refractivity contribution in [3.63, 3.8) is 0 Å². The van der Waals surface area contributed by atoms with Crippen molar-refractivity contribution in [1.29, 1.82) is 0 Å². The van der Waals surface area contributed by atoms with E-state index in [-0.39, 0.29) is 11.9 Å². The molecule has 0 saturated heterocycles. The first kappa shape index (κ1) is 19.6. The Kier molecular flexibility index (Phi) is 6.43. The molecule has 3 rings (SSSR count). The highest BCUT2D eigenvalue weighted by molar-refractivity contribution is 5.94. The lowest BCUT2D eigenvalue weighted by Gasteiger charge is -2.27. The van der Waals surface area contributed by atoms with Crippen LogP contribution in [0.1, 0.15) is 40.9 Å². The van der Waals surface area contributed by atoms with Crippen LogP contribution in [0, 0.1) is 6.92 Å². The van der Waals surface area contributed by atoms with Crippen molar-refractivity contribution < 1.29 is 9.53 Å². The van der Waals surface area contributed by atoms with E-state index in [0.717, 1.165) is 11.1 Å². The van der Waals surface area contributed by atoms with Crippen LogP contribution in [-0.2, 0) is 13.2 Å². The number of aryl methyl sites for hydroxylation is 1. The van der Waals surface area contributed by atoms with Gasteiger partial charge in [-0.05, 0) is 56.2 Å². The average molecular weight is 374 g/mol. The second-order valence-electron chi connectivity index (χ2n) is 7.19. The molecule has 28 heavy (non-hydrogen) atoms. The first-order valence-electron chi connectivity index (χ1n) is 9.51. The second-order valence-corrected chi connectivity index (χ2v) is 7.19. The third-order valence-electron chi connectivity index (χ3n) is 4.53. The molecule has 4 nitrogen and oxygen atoms in total. The van der Waals surface area contributed by atoms with Crippen LogP contribution >= 0.6 is 0 Å². The van der Waals surface area contributed by atoms with Gasteiger partial charge in [0.2, 0.25) is 0 Å². The van der Waals surface area contributed by atoms with Crippen molar-refractivity contribution in [3.05, 3.63) is 95.3 Å². The fraction of sp³-hybridized carbons (Fsp3) is 0.250. The number of carbonyl (C=O) groups is 1. The summed E-state index contributed by atoms with van der Waals surface area (Å²) in [6.07, 6.45) is 3.53. The number of rotatable bonds is 7. The first-order chi connectivity index (χ1) is 13.5. The Labute approximate surface area is 166 Å². The Morgan fingerprint density at radius 3 is 2.54 bits per heavy atom. The van der Waals surface area contributed by atoms with Gasteiger partial charge in [0.05, 0.1) is 0 Å². The molecule has 4 heteroatoms. The predicted molar refractivity (Wildman–Crippen MR) is 111 cm³/mol. The number of ether oxygens (including phenoxy) is 1. The fourth-order valence-corrected chi connectivity index (χ4v) is 3.03. The maximum Gasteiger partial charge on any atom is 0.254 e. The van der Waals surface area contributed by atoms with E-state index < -0.39 is 0 Å². The molecule has 0 aliphatic heterocycles. The summed E-state index contributed by atoms with van der Waals surface area (Å²) in [7, 11) is 0. The second kappa shape index (κ2) is 9.18. The number of pyridine rings is 1. The predicted octanol–water partition coefficient (Wildman–Crippen LogP) is 5.02. The first-order valence-corrected chi connectivity index (χ1v) is 9.51. The van der Waals surface area contributed by atoms with Gasteiger partial charge in [0.1, 0.15) is 12.4 Å². The molecular weight excluding hydrogens is 348 g/mol. The van der Waals surface area contributed by atoms with Crippen LogP contribution in [0.3, 0.4) is 0 Å². The lowest BCUT2D eigenvalue weighted by Crippen LogP contribution is -2.36. The Morgan fingerprint density at radius 2 is 1.82 bits per heavy atom. The van der Waals surface area contributed by atoms with E-state index in [0.29, 0.717) is 24.5 Å². The van der Waals surface area contributed by atoms with Crippen molar-refractivity contribution >= 4 is 5.91 Å². The molecule has 0 atom stereocenters. The van der Waals surface area contributed by atoms with Crippen molar-refractivity contribution in [3.8, 4) is 5.75 Å². The minimum atomic E-state index is -0.0140. The van der Waals surface area contributed by atoms with Crippen molar-refractivity contribution in [2.45, 2.75) is 40.0 Å². The zero-order valence-corrected chi connectivity index (χ0v) is 16.6. The largest absolute Gasteiger partial charge is 0.489 e. The smallest absolute Gasteiger partial charge is 0.254 e. The Hall–Kier alpha value is -3.14. The quantitative estimate of drug-likeness (QED) is 0.583. The van der Waals surface area contributed by atoms with E-state index in [1.807, 2.05) is 67.3 Å². The third-order valence-corrected chi connectivity index (χ3v) is 4.53. The van der Waals surface area contributed by atoms with Gasteiger partial charge in [0.15, 0.2) is 0 Å². The van der Waals surface area contributed by atoms with Crippen LogP contribution in [0.4, 0.5) is 0 Å². The van der Waals surface area contributed by atoms with Crippen LogP contribution in [0.25, 0.3) is 0 Å². The summed E-state index contributed by atoms with van der Waals surface area (Å²) in [6.45, 7) is 7.10. The van der Waals surface area contributed by atoms with Gasteiger partial charge in [-0.15, -0.1) is 0 Å². The fourth-order valence-electron chi connectivity index (χ4n) is 3.03. The zero-order valence-electron chi connectivity index (χ0n) is 16.6. The SMILES string of the molecule is Cc1cccc(COc2cccc(C(=O)N(Cc3cccnc3)C(C)C)c2)c1. The standard InChI is InChI=1S/C24H26N2O2/c1-18(2)26(16-21-9-6-12-25-15-21)24(27)22-10-5-11-23(14-22)28-17-20-8-4-7-19(3)13-20/h4-15,18H,16-17H2,1-3H3. The molecule has 2 aromatic carbocycles. The maximum atomic E-state index is 13.1. The molecule has 0 aliphatic carbocycles. The lowest BCUT2D eigenvalue weighted by atomic mass is 10.1. The molecule has 0 radical (unpaired) electrons. The summed E-state index contributed by atoms with van der Waals surface area (Å²) >= 11 is 0. The average Bonchev–Trinajstić information content (AvgIpc) is 2.71. The molecule has 0 bridgehead atoms. The van der Waals surface area contributed by atoms with E-state index in [9.17, 15) is 4.79 Å². The summed E-state index contributed by atoms with van der Waals surface area (Å²) in [5, 5.41) is 0. The molecule has 0 unspecified atom stereocenters. The number of amides is 1. The number of nitrogens with zero attached hydrogens (tertiary/aromatic N) is 2. The number of benzene rings is 2. The van der Waals surface area contributed by atoms with Crippen LogP contribution in [0.15, 0.2) is 73.1 Å². The molecule has 1 aromatic heterocycles. The molecule has 0 aliphatic rings. The van der Waals surface area contributed by atoms with Gasteiger partial charge >= 0.3 is 0 Å². The Balaban J connectivity index is 1.72. The zero-order chi connectivity index (χ0) is 19.9. The summed E-state index contributed by atoms with van der Waals surface area (Å²) in [5.41, 5.74) is 3.95. The highest BCUT2D eigenvalue weighted by Crippen LogP contribution is 2.19. The number of hydrogen-bond donors (Lipinski definition) is 0. The minimum Gasteiger partial charge on any atom is -0.489 e. The van der Waals surface area contributed by atoms with Crippen LogP contribution in [0.2, 0.25) is 0 Å². The highest BCUT2D eigenvalue weighted by atomic mass is 16.5. The van der Waals surface area contributed by atoms with Gasteiger partial charge in [0, 0.05) is 30.5 Å². The van der Waals surface area contributed by atoms with Gasteiger partial charge in [-0.1, -0.05) is 42.0 Å². The number of aromatic nitrogens is 1. The monoisotopic (exact) mass is 374 g/mol. The lowest BCUT2D eigenvalue weighted by molar-refractivity contribution is 0.0689. The molecule has 0 fully saturated rings. The molecule has 144 valence electrons. The third kappa shape index (κ3) is 5.19. The van der Waals surface area contributed by atoms with E-state index in [1.165, 1.54) is 5.56 Å². The molecule has 0 saturated carbocycles. The minimum absolute atomic E-state index is 0.0140. The summed E-state index contributed by atoms with van der Waals surface area (Å²) in [6, 6.07) is 19.6. The number of hydrogen-bond acceptors (Lipinski definition) is 3.